The maximum Gasteiger partial charge on any atom is 0.156 e. The van der Waals surface area contributed by atoms with Crippen molar-refractivity contribution in [2.75, 3.05) is 0 Å². The maximum absolute atomic E-state index is 10.6. The van der Waals surface area contributed by atoms with Crippen LogP contribution in [0.2, 0.25) is 0 Å². The Morgan fingerprint density at radius 1 is 1.36 bits per heavy atom. The van der Waals surface area contributed by atoms with E-state index in [1.807, 2.05) is 13.8 Å². The average Bonchev–Trinajstić information content (AvgIpc) is 2.40. The summed E-state index contributed by atoms with van der Waals surface area (Å²) in [5.74, 6) is 0.112. The zero-order chi connectivity index (χ0) is 8.85. The van der Waals surface area contributed by atoms with E-state index in [1.165, 1.54) is 13.0 Å². The highest BCUT2D eigenvalue weighted by atomic mass is 16.1. The average molecular weight is 154 g/mol. The van der Waals surface area contributed by atoms with Gasteiger partial charge in [0.25, 0.3) is 0 Å². The van der Waals surface area contributed by atoms with Gasteiger partial charge in [-0.05, 0) is 25.0 Å². The van der Waals surface area contributed by atoms with Gasteiger partial charge in [0.15, 0.2) is 11.6 Å². The minimum Gasteiger partial charge on any atom is -0.295 e. The van der Waals surface area contributed by atoms with Crippen LogP contribution in [0, 0.1) is 0 Å². The Hall–Kier alpha value is -0.920. The molecule has 0 radical (unpaired) electrons. The summed E-state index contributed by atoms with van der Waals surface area (Å²) >= 11 is 0. The number of hydrogen-bond acceptors (Lipinski definition) is 2. The Balaban J connectivity index is 0.000000461. The summed E-state index contributed by atoms with van der Waals surface area (Å²) in [7, 11) is 0. The first-order chi connectivity index (χ1) is 5.20. The van der Waals surface area contributed by atoms with Crippen molar-refractivity contribution < 1.29 is 9.59 Å². The van der Waals surface area contributed by atoms with Gasteiger partial charge in [0.1, 0.15) is 0 Å². The Bertz CT molecular complexity index is 190. The summed E-state index contributed by atoms with van der Waals surface area (Å²) in [6, 6.07) is 0. The molecule has 0 fully saturated rings. The van der Waals surface area contributed by atoms with Gasteiger partial charge in [-0.15, -0.1) is 0 Å². The second-order valence-corrected chi connectivity index (χ2v) is 2.19. The maximum atomic E-state index is 10.6. The first-order valence-electron chi connectivity index (χ1n) is 3.94. The first kappa shape index (κ1) is 10.1. The molecule has 11 heavy (non-hydrogen) atoms. The highest BCUT2D eigenvalue weighted by molar-refractivity contribution is 6.05. The van der Waals surface area contributed by atoms with Gasteiger partial charge in [0, 0.05) is 6.42 Å². The van der Waals surface area contributed by atoms with Gasteiger partial charge in [0.2, 0.25) is 0 Å². The Morgan fingerprint density at radius 3 is 2.09 bits per heavy atom. The van der Waals surface area contributed by atoms with Gasteiger partial charge in [-0.1, -0.05) is 13.8 Å². The number of Topliss-reactive ketones (excluding diaryl/α,β-unsaturated/α-hetero) is 1. The monoisotopic (exact) mass is 154 g/mol. The van der Waals surface area contributed by atoms with E-state index in [4.69, 9.17) is 0 Å². The number of allylic oxidation sites excluding steroid dienone is 2. The van der Waals surface area contributed by atoms with Crippen molar-refractivity contribution in [2.45, 2.75) is 33.6 Å². The highest BCUT2D eigenvalue weighted by Gasteiger charge is 2.14. The lowest BCUT2D eigenvalue weighted by molar-refractivity contribution is -0.114. The summed E-state index contributed by atoms with van der Waals surface area (Å²) in [5, 5.41) is 0. The predicted octanol–water partition coefficient (Wildman–Crippen LogP) is 1.89. The van der Waals surface area contributed by atoms with E-state index in [9.17, 15) is 9.59 Å². The van der Waals surface area contributed by atoms with E-state index in [0.29, 0.717) is 18.4 Å². The smallest absolute Gasteiger partial charge is 0.156 e. The van der Waals surface area contributed by atoms with Crippen LogP contribution < -0.4 is 0 Å². The number of rotatable bonds is 1. The Kier molecular flexibility index (Phi) is 4.42. The van der Waals surface area contributed by atoms with Gasteiger partial charge in [-0.3, -0.25) is 9.59 Å². The molecule has 2 nitrogen and oxygen atoms in total. The van der Waals surface area contributed by atoms with Crippen molar-refractivity contribution >= 4 is 11.6 Å². The van der Waals surface area contributed by atoms with E-state index in [1.54, 1.807) is 0 Å². The van der Waals surface area contributed by atoms with Crippen molar-refractivity contribution in [3.05, 3.63) is 11.6 Å². The molecule has 0 aromatic rings. The van der Waals surface area contributed by atoms with E-state index in [-0.39, 0.29) is 11.6 Å². The van der Waals surface area contributed by atoms with Crippen LogP contribution in [0.5, 0.6) is 0 Å². The summed E-state index contributed by atoms with van der Waals surface area (Å²) in [6.07, 6.45) is 2.62. The number of ketones is 2. The summed E-state index contributed by atoms with van der Waals surface area (Å²) in [6.45, 7) is 5.49. The molecule has 0 aromatic heterocycles. The van der Waals surface area contributed by atoms with Gasteiger partial charge in [0.05, 0.1) is 0 Å². The molecular formula is C9H14O2. The van der Waals surface area contributed by atoms with Crippen LogP contribution in [-0.4, -0.2) is 11.6 Å². The molecule has 0 aliphatic heterocycles. The number of carbonyl (C=O) groups is 2. The van der Waals surface area contributed by atoms with Crippen LogP contribution in [0.25, 0.3) is 0 Å². The third kappa shape index (κ3) is 3.12. The molecule has 1 aliphatic carbocycles. The van der Waals surface area contributed by atoms with Crippen molar-refractivity contribution in [3.8, 4) is 0 Å². The fourth-order valence-corrected chi connectivity index (χ4v) is 0.874. The fourth-order valence-electron chi connectivity index (χ4n) is 0.874. The number of hydrogen-bond donors (Lipinski definition) is 0. The SMILES string of the molecule is CC.CC(=O)C1=CC(=O)CC1. The zero-order valence-electron chi connectivity index (χ0n) is 7.31. The largest absolute Gasteiger partial charge is 0.295 e. The van der Waals surface area contributed by atoms with Crippen molar-refractivity contribution in [1.29, 1.82) is 0 Å². The molecule has 1 rings (SSSR count). The molecule has 0 unspecified atom stereocenters. The van der Waals surface area contributed by atoms with Crippen molar-refractivity contribution in [2.24, 2.45) is 0 Å². The van der Waals surface area contributed by atoms with E-state index < -0.39 is 0 Å². The van der Waals surface area contributed by atoms with Crippen LogP contribution in [0.1, 0.15) is 33.6 Å². The van der Waals surface area contributed by atoms with Crippen molar-refractivity contribution in [1.82, 2.24) is 0 Å². The molecule has 0 saturated carbocycles. The van der Waals surface area contributed by atoms with Crippen LogP contribution in [0.4, 0.5) is 0 Å². The lowest BCUT2D eigenvalue weighted by atomic mass is 10.2. The summed E-state index contributed by atoms with van der Waals surface area (Å²) in [4.78, 5) is 21.1. The topological polar surface area (TPSA) is 34.1 Å². The molecule has 0 N–H and O–H groups in total. The molecule has 2 heteroatoms. The minimum absolute atomic E-state index is 0.0286. The lowest BCUT2D eigenvalue weighted by Gasteiger charge is -1.87. The molecule has 1 aliphatic rings. The molecule has 0 heterocycles. The van der Waals surface area contributed by atoms with E-state index in [0.717, 1.165) is 0 Å². The van der Waals surface area contributed by atoms with Gasteiger partial charge >= 0.3 is 0 Å². The third-order valence-electron chi connectivity index (χ3n) is 1.43. The minimum atomic E-state index is 0.0286. The Morgan fingerprint density at radius 2 is 1.91 bits per heavy atom. The summed E-state index contributed by atoms with van der Waals surface area (Å²) in [5.41, 5.74) is 0.681. The standard InChI is InChI=1S/C7H8O2.C2H6/c1-5(8)6-2-3-7(9)4-6;1-2/h4H,2-3H2,1H3;1-2H3. The summed E-state index contributed by atoms with van der Waals surface area (Å²) < 4.78 is 0. The Labute approximate surface area is 67.3 Å². The van der Waals surface area contributed by atoms with E-state index in [2.05, 4.69) is 0 Å². The molecule has 0 saturated heterocycles. The lowest BCUT2D eigenvalue weighted by Crippen LogP contribution is -1.90. The fraction of sp³-hybridized carbons (Fsp3) is 0.556. The quantitative estimate of drug-likeness (QED) is 0.578. The normalized spacial score (nSPS) is 15.2. The van der Waals surface area contributed by atoms with E-state index >= 15 is 0 Å². The molecule has 0 atom stereocenters. The second-order valence-electron chi connectivity index (χ2n) is 2.19. The van der Waals surface area contributed by atoms with Gasteiger partial charge < -0.3 is 0 Å². The number of carbonyl (C=O) groups excluding carboxylic acids is 2. The third-order valence-corrected chi connectivity index (χ3v) is 1.43. The molecule has 0 spiro atoms. The molecule has 0 bridgehead atoms. The molecule has 62 valence electrons. The van der Waals surface area contributed by atoms with Crippen LogP contribution in [0.3, 0.4) is 0 Å². The van der Waals surface area contributed by atoms with Gasteiger partial charge in [-0.25, -0.2) is 0 Å². The first-order valence-corrected chi connectivity index (χ1v) is 3.94. The second kappa shape index (κ2) is 4.83. The van der Waals surface area contributed by atoms with Crippen LogP contribution in [-0.2, 0) is 9.59 Å². The molecule has 0 aromatic carbocycles. The van der Waals surface area contributed by atoms with Crippen LogP contribution in [0.15, 0.2) is 11.6 Å². The van der Waals surface area contributed by atoms with Crippen molar-refractivity contribution in [3.63, 3.8) is 0 Å². The van der Waals surface area contributed by atoms with Crippen LogP contribution >= 0.6 is 0 Å². The molecule has 0 amide bonds. The zero-order valence-corrected chi connectivity index (χ0v) is 7.31. The van der Waals surface area contributed by atoms with Gasteiger partial charge in [-0.2, -0.15) is 0 Å². The highest BCUT2D eigenvalue weighted by Crippen LogP contribution is 2.14. The predicted molar refractivity (Wildman–Crippen MR) is 44.4 cm³/mol. The molecular weight excluding hydrogens is 140 g/mol.